The maximum absolute atomic E-state index is 12.6. The highest BCUT2D eigenvalue weighted by Gasteiger charge is 2.25. The summed E-state index contributed by atoms with van der Waals surface area (Å²) in [6.45, 7) is 1.60. The van der Waals surface area contributed by atoms with Crippen LogP contribution in [-0.2, 0) is 0 Å². The van der Waals surface area contributed by atoms with Crippen molar-refractivity contribution in [3.05, 3.63) is 47.2 Å². The molecule has 1 fully saturated rings. The van der Waals surface area contributed by atoms with E-state index in [9.17, 15) is 4.79 Å². The molecule has 0 unspecified atom stereocenters. The number of likely N-dealkylation sites (tertiary alicyclic amines) is 1. The van der Waals surface area contributed by atoms with Crippen molar-refractivity contribution in [3.63, 3.8) is 0 Å². The Bertz CT molecular complexity index is 672. The maximum atomic E-state index is 12.6. The van der Waals surface area contributed by atoms with Gasteiger partial charge in [-0.25, -0.2) is 4.68 Å². The fourth-order valence-electron chi connectivity index (χ4n) is 2.94. The molecule has 2 heterocycles. The van der Waals surface area contributed by atoms with Crippen molar-refractivity contribution in [2.45, 2.75) is 18.9 Å². The Labute approximate surface area is 141 Å². The van der Waals surface area contributed by atoms with Crippen molar-refractivity contribution in [3.8, 4) is 5.69 Å². The van der Waals surface area contributed by atoms with Crippen LogP contribution in [0, 0.1) is 0 Å². The summed E-state index contributed by atoms with van der Waals surface area (Å²) in [4.78, 5) is 16.8. The third-order valence-corrected chi connectivity index (χ3v) is 4.65. The van der Waals surface area contributed by atoms with Crippen molar-refractivity contribution in [2.24, 2.45) is 0 Å². The summed E-state index contributed by atoms with van der Waals surface area (Å²) in [6.07, 6.45) is 5.45. The van der Waals surface area contributed by atoms with Gasteiger partial charge in [0.25, 0.3) is 5.91 Å². The van der Waals surface area contributed by atoms with E-state index in [1.54, 1.807) is 17.1 Å². The summed E-state index contributed by atoms with van der Waals surface area (Å²) in [5, 5.41) is 4.97. The van der Waals surface area contributed by atoms with Crippen LogP contribution in [-0.4, -0.2) is 58.7 Å². The molecule has 1 aliphatic heterocycles. The average Bonchev–Trinajstić information content (AvgIpc) is 3.05. The SMILES string of the molecule is CN(C)C1CCN(C(=O)c2cnn(-c3ccc(Cl)cc3)c2)CC1. The minimum atomic E-state index is 0.0578. The van der Waals surface area contributed by atoms with Gasteiger partial charge in [-0.15, -0.1) is 0 Å². The Hall–Kier alpha value is -1.85. The number of rotatable bonds is 3. The van der Waals surface area contributed by atoms with Crippen LogP contribution >= 0.6 is 11.6 Å². The van der Waals surface area contributed by atoms with Gasteiger partial charge in [0.1, 0.15) is 0 Å². The number of hydrogen-bond donors (Lipinski definition) is 0. The Morgan fingerprint density at radius 2 is 1.87 bits per heavy atom. The Balaban J connectivity index is 1.68. The molecule has 0 saturated carbocycles. The summed E-state index contributed by atoms with van der Waals surface area (Å²) in [5.41, 5.74) is 1.52. The van der Waals surface area contributed by atoms with Crippen molar-refractivity contribution in [2.75, 3.05) is 27.2 Å². The normalized spacial score (nSPS) is 16.1. The average molecular weight is 333 g/mol. The fraction of sp³-hybridized carbons (Fsp3) is 0.412. The van der Waals surface area contributed by atoms with Gasteiger partial charge in [0.05, 0.1) is 17.4 Å². The zero-order valence-electron chi connectivity index (χ0n) is 13.4. The predicted molar refractivity (Wildman–Crippen MR) is 91.2 cm³/mol. The van der Waals surface area contributed by atoms with Crippen LogP contribution in [0.3, 0.4) is 0 Å². The van der Waals surface area contributed by atoms with Gasteiger partial charge in [-0.05, 0) is 51.2 Å². The molecule has 6 heteroatoms. The van der Waals surface area contributed by atoms with Gasteiger partial charge in [-0.1, -0.05) is 11.6 Å². The Kier molecular flexibility index (Phi) is 4.68. The van der Waals surface area contributed by atoms with Gasteiger partial charge >= 0.3 is 0 Å². The van der Waals surface area contributed by atoms with Gasteiger partial charge < -0.3 is 9.80 Å². The first kappa shape index (κ1) is 16.0. The van der Waals surface area contributed by atoms with Crippen LogP contribution in [0.2, 0.25) is 5.02 Å². The molecule has 1 aromatic carbocycles. The number of amides is 1. The van der Waals surface area contributed by atoms with E-state index in [1.807, 2.05) is 29.2 Å². The lowest BCUT2D eigenvalue weighted by Gasteiger charge is -2.35. The molecule has 23 heavy (non-hydrogen) atoms. The zero-order chi connectivity index (χ0) is 16.4. The molecule has 122 valence electrons. The van der Waals surface area contributed by atoms with Crippen molar-refractivity contribution in [1.82, 2.24) is 19.6 Å². The van der Waals surface area contributed by atoms with E-state index in [1.165, 1.54) is 0 Å². The van der Waals surface area contributed by atoms with Gasteiger partial charge in [0, 0.05) is 30.4 Å². The summed E-state index contributed by atoms with van der Waals surface area (Å²) in [5.74, 6) is 0.0578. The minimum absolute atomic E-state index is 0.0578. The number of carbonyl (C=O) groups is 1. The molecule has 3 rings (SSSR count). The highest BCUT2D eigenvalue weighted by Crippen LogP contribution is 2.18. The van der Waals surface area contributed by atoms with E-state index >= 15 is 0 Å². The summed E-state index contributed by atoms with van der Waals surface area (Å²) < 4.78 is 1.70. The lowest BCUT2D eigenvalue weighted by molar-refractivity contribution is 0.0663. The second-order valence-electron chi connectivity index (χ2n) is 6.14. The van der Waals surface area contributed by atoms with Gasteiger partial charge in [-0.2, -0.15) is 5.10 Å². The molecule has 1 saturated heterocycles. The zero-order valence-corrected chi connectivity index (χ0v) is 14.2. The van der Waals surface area contributed by atoms with Gasteiger partial charge in [0.15, 0.2) is 0 Å². The monoisotopic (exact) mass is 332 g/mol. The van der Waals surface area contributed by atoms with E-state index in [2.05, 4.69) is 24.1 Å². The lowest BCUT2D eigenvalue weighted by atomic mass is 10.0. The number of halogens is 1. The first-order valence-corrected chi connectivity index (χ1v) is 8.18. The van der Waals surface area contributed by atoms with Gasteiger partial charge in [-0.3, -0.25) is 4.79 Å². The number of aromatic nitrogens is 2. The van der Waals surface area contributed by atoms with Crippen molar-refractivity contribution >= 4 is 17.5 Å². The molecule has 1 aromatic heterocycles. The van der Waals surface area contributed by atoms with E-state index in [4.69, 9.17) is 11.6 Å². The molecule has 1 amide bonds. The molecular formula is C17H21ClN4O. The van der Waals surface area contributed by atoms with E-state index in [0.717, 1.165) is 31.6 Å². The summed E-state index contributed by atoms with van der Waals surface area (Å²) >= 11 is 5.90. The van der Waals surface area contributed by atoms with Crippen molar-refractivity contribution in [1.29, 1.82) is 0 Å². The molecule has 2 aromatic rings. The van der Waals surface area contributed by atoms with Crippen molar-refractivity contribution < 1.29 is 4.79 Å². The van der Waals surface area contributed by atoms with Crippen LogP contribution in [0.4, 0.5) is 0 Å². The first-order valence-electron chi connectivity index (χ1n) is 7.81. The molecule has 1 aliphatic rings. The number of nitrogens with zero attached hydrogens (tertiary/aromatic N) is 4. The topological polar surface area (TPSA) is 41.4 Å². The van der Waals surface area contributed by atoms with Crippen LogP contribution < -0.4 is 0 Å². The quantitative estimate of drug-likeness (QED) is 0.867. The molecule has 0 spiro atoms. The van der Waals surface area contributed by atoms with Crippen LogP contribution in [0.5, 0.6) is 0 Å². The van der Waals surface area contributed by atoms with E-state index in [0.29, 0.717) is 16.6 Å². The third-order valence-electron chi connectivity index (χ3n) is 4.40. The highest BCUT2D eigenvalue weighted by molar-refractivity contribution is 6.30. The third kappa shape index (κ3) is 3.57. The maximum Gasteiger partial charge on any atom is 0.257 e. The number of hydrogen-bond acceptors (Lipinski definition) is 3. The van der Waals surface area contributed by atoms with E-state index in [-0.39, 0.29) is 5.91 Å². The highest BCUT2D eigenvalue weighted by atomic mass is 35.5. The van der Waals surface area contributed by atoms with Gasteiger partial charge in [0.2, 0.25) is 0 Å². The van der Waals surface area contributed by atoms with Crippen LogP contribution in [0.15, 0.2) is 36.7 Å². The smallest absolute Gasteiger partial charge is 0.257 e. The van der Waals surface area contributed by atoms with Crippen LogP contribution in [0.1, 0.15) is 23.2 Å². The number of benzene rings is 1. The Morgan fingerprint density at radius 3 is 2.48 bits per heavy atom. The lowest BCUT2D eigenvalue weighted by Crippen LogP contribution is -2.44. The molecule has 0 N–H and O–H groups in total. The van der Waals surface area contributed by atoms with Crippen LogP contribution in [0.25, 0.3) is 5.69 Å². The molecule has 0 radical (unpaired) electrons. The molecule has 0 atom stereocenters. The molecule has 5 nitrogen and oxygen atoms in total. The minimum Gasteiger partial charge on any atom is -0.338 e. The number of carbonyl (C=O) groups excluding carboxylic acids is 1. The molecular weight excluding hydrogens is 312 g/mol. The predicted octanol–water partition coefficient (Wildman–Crippen LogP) is 2.69. The molecule has 0 aliphatic carbocycles. The molecule has 0 bridgehead atoms. The Morgan fingerprint density at radius 1 is 1.22 bits per heavy atom. The second-order valence-corrected chi connectivity index (χ2v) is 6.57. The van der Waals surface area contributed by atoms with E-state index < -0.39 is 0 Å². The summed E-state index contributed by atoms with van der Waals surface area (Å²) in [7, 11) is 4.19. The standard InChI is InChI=1S/C17H21ClN4O/c1-20(2)15-7-9-21(10-8-15)17(23)13-11-19-22(12-13)16-5-3-14(18)4-6-16/h3-6,11-12,15H,7-10H2,1-2H3. The fourth-order valence-corrected chi connectivity index (χ4v) is 3.06. The first-order chi connectivity index (χ1) is 11.0. The summed E-state index contributed by atoms with van der Waals surface area (Å²) in [6, 6.07) is 7.95. The number of piperidine rings is 1. The second kappa shape index (κ2) is 6.72. The largest absolute Gasteiger partial charge is 0.338 e.